The van der Waals surface area contributed by atoms with Gasteiger partial charge < -0.3 is 15.1 Å². The maximum Gasteiger partial charge on any atom is 0.254 e. The van der Waals surface area contributed by atoms with Crippen molar-refractivity contribution in [3.63, 3.8) is 0 Å². The van der Waals surface area contributed by atoms with Crippen molar-refractivity contribution in [1.29, 1.82) is 0 Å². The van der Waals surface area contributed by atoms with Crippen LogP contribution in [0.3, 0.4) is 0 Å². The second kappa shape index (κ2) is 8.47. The number of rotatable bonds is 5. The molecule has 142 valence electrons. The lowest BCUT2D eigenvalue weighted by atomic mass is 10.2. The fourth-order valence-corrected chi connectivity index (χ4v) is 3.22. The van der Waals surface area contributed by atoms with Gasteiger partial charge in [0.25, 0.3) is 5.91 Å². The van der Waals surface area contributed by atoms with E-state index in [9.17, 15) is 4.79 Å². The molecule has 4 heterocycles. The van der Waals surface area contributed by atoms with E-state index in [0.29, 0.717) is 31.0 Å². The first kappa shape index (κ1) is 17.9. The highest BCUT2D eigenvalue weighted by Gasteiger charge is 2.23. The summed E-state index contributed by atoms with van der Waals surface area (Å²) in [5.74, 6) is 1.68. The first-order chi connectivity index (χ1) is 13.8. The highest BCUT2D eigenvalue weighted by Crippen LogP contribution is 2.16. The van der Waals surface area contributed by atoms with E-state index in [1.807, 2.05) is 47.5 Å². The predicted molar refractivity (Wildman–Crippen MR) is 108 cm³/mol. The average molecular weight is 374 g/mol. The Morgan fingerprint density at radius 3 is 2.61 bits per heavy atom. The van der Waals surface area contributed by atoms with Gasteiger partial charge in [-0.05, 0) is 35.9 Å². The van der Waals surface area contributed by atoms with Crippen LogP contribution in [0.1, 0.15) is 15.9 Å². The van der Waals surface area contributed by atoms with Gasteiger partial charge in [-0.25, -0.2) is 9.97 Å². The number of amides is 1. The average Bonchev–Trinajstić information content (AvgIpc) is 2.79. The number of aromatic nitrogens is 3. The van der Waals surface area contributed by atoms with E-state index in [1.165, 1.54) is 0 Å². The van der Waals surface area contributed by atoms with Gasteiger partial charge in [0.05, 0.1) is 0 Å². The molecular weight excluding hydrogens is 352 g/mol. The molecular formula is C21H22N6O. The smallest absolute Gasteiger partial charge is 0.254 e. The molecule has 1 N–H and O–H groups in total. The molecule has 28 heavy (non-hydrogen) atoms. The van der Waals surface area contributed by atoms with Crippen LogP contribution in [0.25, 0.3) is 0 Å². The third-order valence-electron chi connectivity index (χ3n) is 4.74. The Kier molecular flexibility index (Phi) is 5.42. The molecule has 1 saturated heterocycles. The van der Waals surface area contributed by atoms with Crippen LogP contribution in [0, 0.1) is 0 Å². The van der Waals surface area contributed by atoms with Crippen molar-refractivity contribution in [1.82, 2.24) is 19.9 Å². The Bertz CT molecular complexity index is 910. The molecule has 1 aliphatic rings. The zero-order valence-corrected chi connectivity index (χ0v) is 15.5. The monoisotopic (exact) mass is 374 g/mol. The fraction of sp³-hybridized carbons (Fsp3) is 0.238. The molecule has 0 saturated carbocycles. The Balaban J connectivity index is 1.36. The summed E-state index contributed by atoms with van der Waals surface area (Å²) < 4.78 is 0. The van der Waals surface area contributed by atoms with Gasteiger partial charge in [-0.2, -0.15) is 0 Å². The molecule has 4 rings (SSSR count). The molecule has 0 spiro atoms. The number of hydrogen-bond acceptors (Lipinski definition) is 6. The lowest BCUT2D eigenvalue weighted by Gasteiger charge is -2.35. The Morgan fingerprint density at radius 2 is 1.86 bits per heavy atom. The summed E-state index contributed by atoms with van der Waals surface area (Å²) in [5.41, 5.74) is 1.71. The van der Waals surface area contributed by atoms with Gasteiger partial charge in [-0.15, -0.1) is 0 Å². The van der Waals surface area contributed by atoms with Crippen molar-refractivity contribution in [2.45, 2.75) is 6.54 Å². The number of piperazine rings is 1. The largest absolute Gasteiger partial charge is 0.366 e. The molecule has 3 aromatic heterocycles. The number of carbonyl (C=O) groups is 1. The number of anilines is 2. The summed E-state index contributed by atoms with van der Waals surface area (Å²) >= 11 is 0. The Morgan fingerprint density at radius 1 is 0.964 bits per heavy atom. The zero-order valence-electron chi connectivity index (χ0n) is 15.5. The van der Waals surface area contributed by atoms with E-state index in [-0.39, 0.29) is 5.91 Å². The molecule has 0 unspecified atom stereocenters. The first-order valence-corrected chi connectivity index (χ1v) is 9.34. The molecule has 1 fully saturated rings. The third kappa shape index (κ3) is 4.25. The minimum Gasteiger partial charge on any atom is -0.366 e. The van der Waals surface area contributed by atoms with Gasteiger partial charge in [0.15, 0.2) is 0 Å². The number of nitrogens with one attached hydrogen (secondary N) is 1. The number of nitrogens with zero attached hydrogens (tertiary/aromatic N) is 5. The van der Waals surface area contributed by atoms with Crippen LogP contribution in [0.2, 0.25) is 0 Å². The molecule has 1 amide bonds. The summed E-state index contributed by atoms with van der Waals surface area (Å²) in [6.45, 7) is 3.52. The van der Waals surface area contributed by atoms with Gasteiger partial charge in [-0.1, -0.05) is 12.1 Å². The second-order valence-corrected chi connectivity index (χ2v) is 6.61. The van der Waals surface area contributed by atoms with Gasteiger partial charge >= 0.3 is 0 Å². The van der Waals surface area contributed by atoms with Crippen molar-refractivity contribution in [3.05, 3.63) is 78.4 Å². The highest BCUT2D eigenvalue weighted by atomic mass is 16.2. The minimum atomic E-state index is 0.0347. The molecule has 0 aromatic carbocycles. The molecule has 7 nitrogen and oxygen atoms in total. The summed E-state index contributed by atoms with van der Waals surface area (Å²) in [6, 6.07) is 13.4. The van der Waals surface area contributed by atoms with Gasteiger partial charge in [-0.3, -0.25) is 9.78 Å². The van der Waals surface area contributed by atoms with Gasteiger partial charge in [0, 0.05) is 63.1 Å². The normalized spacial score (nSPS) is 14.0. The summed E-state index contributed by atoms with van der Waals surface area (Å²) in [5, 5.41) is 3.25. The zero-order chi connectivity index (χ0) is 19.2. The SMILES string of the molecule is O=C(c1ccnc(NCc2cccnc2)c1)N1CCN(c2ccccn2)CC1. The maximum atomic E-state index is 12.9. The van der Waals surface area contributed by atoms with E-state index < -0.39 is 0 Å². The van der Waals surface area contributed by atoms with Gasteiger partial charge in [0.2, 0.25) is 0 Å². The van der Waals surface area contributed by atoms with Crippen molar-refractivity contribution < 1.29 is 4.79 Å². The first-order valence-electron chi connectivity index (χ1n) is 9.34. The number of hydrogen-bond donors (Lipinski definition) is 1. The van der Waals surface area contributed by atoms with Crippen LogP contribution in [-0.4, -0.2) is 51.9 Å². The molecule has 0 radical (unpaired) electrons. The van der Waals surface area contributed by atoms with Crippen LogP contribution in [-0.2, 0) is 6.54 Å². The van der Waals surface area contributed by atoms with E-state index in [1.54, 1.807) is 24.7 Å². The topological polar surface area (TPSA) is 74.2 Å². The van der Waals surface area contributed by atoms with Crippen molar-refractivity contribution >= 4 is 17.5 Å². The van der Waals surface area contributed by atoms with Crippen LogP contribution in [0.5, 0.6) is 0 Å². The number of carbonyl (C=O) groups excluding carboxylic acids is 1. The molecule has 3 aromatic rings. The second-order valence-electron chi connectivity index (χ2n) is 6.61. The maximum absolute atomic E-state index is 12.9. The van der Waals surface area contributed by atoms with Crippen LogP contribution in [0.4, 0.5) is 11.6 Å². The predicted octanol–water partition coefficient (Wildman–Crippen LogP) is 2.45. The standard InChI is InChI=1S/C21H22N6O/c28-21(27-12-10-26(11-13-27)20-5-1-2-8-24-20)18-6-9-23-19(14-18)25-16-17-4-3-7-22-15-17/h1-9,14-15H,10-13,16H2,(H,23,25). The fourth-order valence-electron chi connectivity index (χ4n) is 3.22. The number of pyridine rings is 3. The third-order valence-corrected chi connectivity index (χ3v) is 4.74. The van der Waals surface area contributed by atoms with Crippen molar-refractivity contribution in [2.24, 2.45) is 0 Å². The molecule has 1 aliphatic heterocycles. The lowest BCUT2D eigenvalue weighted by Crippen LogP contribution is -2.49. The molecule has 7 heteroatoms. The summed E-state index contributed by atoms with van der Waals surface area (Å²) in [6.07, 6.45) is 7.02. The minimum absolute atomic E-state index is 0.0347. The van der Waals surface area contributed by atoms with Crippen molar-refractivity contribution in [3.8, 4) is 0 Å². The van der Waals surface area contributed by atoms with Crippen LogP contribution >= 0.6 is 0 Å². The molecule has 0 atom stereocenters. The van der Waals surface area contributed by atoms with E-state index in [2.05, 4.69) is 25.2 Å². The van der Waals surface area contributed by atoms with E-state index in [4.69, 9.17) is 0 Å². The van der Waals surface area contributed by atoms with Gasteiger partial charge in [0.1, 0.15) is 11.6 Å². The van der Waals surface area contributed by atoms with Crippen LogP contribution in [0.15, 0.2) is 67.3 Å². The lowest BCUT2D eigenvalue weighted by molar-refractivity contribution is 0.0746. The summed E-state index contributed by atoms with van der Waals surface area (Å²) in [7, 11) is 0. The van der Waals surface area contributed by atoms with Crippen molar-refractivity contribution in [2.75, 3.05) is 36.4 Å². The molecule has 0 aliphatic carbocycles. The summed E-state index contributed by atoms with van der Waals surface area (Å²) in [4.78, 5) is 29.8. The highest BCUT2D eigenvalue weighted by molar-refractivity contribution is 5.95. The quantitative estimate of drug-likeness (QED) is 0.739. The van der Waals surface area contributed by atoms with E-state index in [0.717, 1.165) is 24.5 Å². The van der Waals surface area contributed by atoms with E-state index >= 15 is 0 Å². The Hall–Kier alpha value is -3.48. The Labute approximate surface area is 164 Å². The van der Waals surface area contributed by atoms with Crippen LogP contribution < -0.4 is 10.2 Å². The molecule has 0 bridgehead atoms.